The third-order valence-corrected chi connectivity index (χ3v) is 4.09. The zero-order chi connectivity index (χ0) is 20.9. The molecule has 3 N–H and O–H groups in total. The summed E-state index contributed by atoms with van der Waals surface area (Å²) in [7, 11) is 0. The number of halogens is 5. The number of amides is 3. The number of carbonyl (C=O) groups excluding carboxylic acids is 2. The summed E-state index contributed by atoms with van der Waals surface area (Å²) in [5.41, 5.74) is 0.266. The van der Waals surface area contributed by atoms with E-state index >= 15 is 0 Å². The number of ether oxygens (including phenoxy) is 1. The van der Waals surface area contributed by atoms with Crippen LogP contribution in [0.25, 0.3) is 0 Å². The minimum atomic E-state index is -4.91. The molecule has 2 rings (SSSR count). The number of urea groups is 1. The van der Waals surface area contributed by atoms with Crippen molar-refractivity contribution in [3.8, 4) is 5.75 Å². The Morgan fingerprint density at radius 1 is 1.04 bits per heavy atom. The molecule has 0 spiro atoms. The van der Waals surface area contributed by atoms with E-state index in [1.54, 1.807) is 25.1 Å². The Kier molecular flexibility index (Phi) is 7.30. The van der Waals surface area contributed by atoms with E-state index in [9.17, 15) is 22.8 Å². The van der Waals surface area contributed by atoms with Gasteiger partial charge in [-0.15, -0.1) is 13.2 Å². The van der Waals surface area contributed by atoms with Gasteiger partial charge in [0.25, 0.3) is 5.91 Å². The molecule has 0 atom stereocenters. The van der Waals surface area contributed by atoms with Crippen LogP contribution in [0, 0.1) is 0 Å². The molecule has 2 aromatic rings. The Bertz CT molecular complexity index is 871. The van der Waals surface area contributed by atoms with Crippen molar-refractivity contribution >= 4 is 55.2 Å². The van der Waals surface area contributed by atoms with Crippen LogP contribution in [-0.4, -0.2) is 24.8 Å². The highest BCUT2D eigenvalue weighted by Gasteiger charge is 2.31. The van der Waals surface area contributed by atoms with Gasteiger partial charge in [-0.25, -0.2) is 4.79 Å². The van der Waals surface area contributed by atoms with Gasteiger partial charge < -0.3 is 20.7 Å². The average molecular weight is 525 g/mol. The van der Waals surface area contributed by atoms with Crippen molar-refractivity contribution in [3.05, 3.63) is 50.9 Å². The molecule has 0 aliphatic heterocycles. The van der Waals surface area contributed by atoms with Crippen molar-refractivity contribution in [3.63, 3.8) is 0 Å². The average Bonchev–Trinajstić information content (AvgIpc) is 2.52. The van der Waals surface area contributed by atoms with Gasteiger partial charge in [-0.3, -0.25) is 4.79 Å². The molecule has 0 aliphatic rings. The monoisotopic (exact) mass is 523 g/mol. The van der Waals surface area contributed by atoms with Crippen LogP contribution >= 0.6 is 31.9 Å². The molecule has 0 heterocycles. The number of hydrogen-bond acceptors (Lipinski definition) is 3. The molecule has 3 amide bonds. The van der Waals surface area contributed by atoms with Crippen molar-refractivity contribution in [1.29, 1.82) is 0 Å². The van der Waals surface area contributed by atoms with Crippen LogP contribution in [-0.2, 0) is 0 Å². The van der Waals surface area contributed by atoms with Crippen LogP contribution < -0.4 is 20.7 Å². The maximum atomic E-state index is 12.5. The molecule has 0 unspecified atom stereocenters. The molecule has 0 aromatic heterocycles. The second-order valence-electron chi connectivity index (χ2n) is 5.35. The standard InChI is InChI=1S/C17H14Br2F3N3O3/c1-2-23-15(26)13-4-3-12(28-17(20,21)22)8-14(13)25-16(27)24-11-6-9(18)5-10(19)7-11/h3-8H,2H2,1H3,(H,23,26)(H2,24,25,27). The van der Waals surface area contributed by atoms with E-state index in [1.807, 2.05) is 0 Å². The van der Waals surface area contributed by atoms with Crippen molar-refractivity contribution in [2.45, 2.75) is 13.3 Å². The second-order valence-corrected chi connectivity index (χ2v) is 7.18. The number of hydrogen-bond donors (Lipinski definition) is 3. The molecule has 0 saturated heterocycles. The summed E-state index contributed by atoms with van der Waals surface area (Å²) in [6, 6.07) is 7.31. The molecule has 0 bridgehead atoms. The summed E-state index contributed by atoms with van der Waals surface area (Å²) < 4.78 is 42.6. The van der Waals surface area contributed by atoms with Crippen molar-refractivity contribution < 1.29 is 27.5 Å². The molecule has 150 valence electrons. The summed E-state index contributed by atoms with van der Waals surface area (Å²) >= 11 is 6.55. The fourth-order valence-corrected chi connectivity index (χ4v) is 3.48. The quantitative estimate of drug-likeness (QED) is 0.483. The Morgan fingerprint density at radius 2 is 1.68 bits per heavy atom. The minimum absolute atomic E-state index is 0.0121. The minimum Gasteiger partial charge on any atom is -0.406 e. The number of rotatable bonds is 5. The fraction of sp³-hybridized carbons (Fsp3) is 0.176. The SMILES string of the molecule is CCNC(=O)c1ccc(OC(F)(F)F)cc1NC(=O)Nc1cc(Br)cc(Br)c1. The Balaban J connectivity index is 2.27. The first-order chi connectivity index (χ1) is 13.1. The predicted octanol–water partition coefficient (Wildman–Crippen LogP) is 5.50. The number of alkyl halides is 3. The molecular formula is C17H14Br2F3N3O3. The van der Waals surface area contributed by atoms with Crippen LogP contribution in [0.4, 0.5) is 29.3 Å². The van der Waals surface area contributed by atoms with Gasteiger partial charge >= 0.3 is 12.4 Å². The van der Waals surface area contributed by atoms with Crippen LogP contribution in [0.2, 0.25) is 0 Å². The van der Waals surface area contributed by atoms with Crippen molar-refractivity contribution in [2.75, 3.05) is 17.2 Å². The molecule has 28 heavy (non-hydrogen) atoms. The number of carbonyl (C=O) groups is 2. The third kappa shape index (κ3) is 6.71. The van der Waals surface area contributed by atoms with Gasteiger partial charge in [0.05, 0.1) is 11.3 Å². The number of benzene rings is 2. The summed E-state index contributed by atoms with van der Waals surface area (Å²) in [5.74, 6) is -1.12. The lowest BCUT2D eigenvalue weighted by Gasteiger charge is -2.15. The Hall–Kier alpha value is -2.27. The molecule has 6 nitrogen and oxygen atoms in total. The van der Waals surface area contributed by atoms with Crippen LogP contribution in [0.1, 0.15) is 17.3 Å². The topological polar surface area (TPSA) is 79.5 Å². The van der Waals surface area contributed by atoms with E-state index in [4.69, 9.17) is 0 Å². The summed E-state index contributed by atoms with van der Waals surface area (Å²) in [5, 5.41) is 7.43. The first-order valence-corrected chi connectivity index (χ1v) is 9.38. The fourth-order valence-electron chi connectivity index (χ4n) is 2.19. The first kappa shape index (κ1) is 22.0. The van der Waals surface area contributed by atoms with Gasteiger partial charge in [0.1, 0.15) is 5.75 Å². The maximum Gasteiger partial charge on any atom is 0.573 e. The van der Waals surface area contributed by atoms with E-state index < -0.39 is 24.1 Å². The molecule has 0 saturated carbocycles. The third-order valence-electron chi connectivity index (χ3n) is 3.18. The Labute approximate surface area is 175 Å². The molecule has 0 aliphatic carbocycles. The molecule has 0 fully saturated rings. The van der Waals surface area contributed by atoms with Crippen LogP contribution in [0.3, 0.4) is 0 Å². The molecule has 11 heteroatoms. The summed E-state index contributed by atoms with van der Waals surface area (Å²) in [6.45, 7) is 1.99. The zero-order valence-corrected chi connectivity index (χ0v) is 17.5. The lowest BCUT2D eigenvalue weighted by molar-refractivity contribution is -0.274. The highest BCUT2D eigenvalue weighted by atomic mass is 79.9. The van der Waals surface area contributed by atoms with E-state index in [0.29, 0.717) is 21.2 Å². The second kappa shape index (κ2) is 9.28. The van der Waals surface area contributed by atoms with Gasteiger partial charge in [-0.05, 0) is 37.3 Å². The van der Waals surface area contributed by atoms with Gasteiger partial charge in [0, 0.05) is 27.2 Å². The number of anilines is 2. The van der Waals surface area contributed by atoms with Crippen molar-refractivity contribution in [1.82, 2.24) is 5.32 Å². The van der Waals surface area contributed by atoms with Gasteiger partial charge in [0.2, 0.25) is 0 Å². The molecular weight excluding hydrogens is 511 g/mol. The number of nitrogens with one attached hydrogen (secondary N) is 3. The first-order valence-electron chi connectivity index (χ1n) is 7.79. The normalized spacial score (nSPS) is 10.9. The van der Waals surface area contributed by atoms with E-state index in [-0.39, 0.29) is 11.3 Å². The lowest BCUT2D eigenvalue weighted by Crippen LogP contribution is -2.26. The predicted molar refractivity (Wildman–Crippen MR) is 106 cm³/mol. The highest BCUT2D eigenvalue weighted by Crippen LogP contribution is 2.28. The van der Waals surface area contributed by atoms with Gasteiger partial charge in [-0.2, -0.15) is 0 Å². The molecule has 2 aromatic carbocycles. The Morgan fingerprint density at radius 3 is 2.25 bits per heavy atom. The largest absolute Gasteiger partial charge is 0.573 e. The molecule has 0 radical (unpaired) electrons. The van der Waals surface area contributed by atoms with Crippen LogP contribution in [0.15, 0.2) is 45.3 Å². The summed E-state index contributed by atoms with van der Waals surface area (Å²) in [4.78, 5) is 24.4. The maximum absolute atomic E-state index is 12.5. The highest BCUT2D eigenvalue weighted by molar-refractivity contribution is 9.11. The summed E-state index contributed by atoms with van der Waals surface area (Å²) in [6.07, 6.45) is -4.91. The van der Waals surface area contributed by atoms with Gasteiger partial charge in [0.15, 0.2) is 0 Å². The zero-order valence-electron chi connectivity index (χ0n) is 14.3. The van der Waals surface area contributed by atoms with E-state index in [2.05, 4.69) is 52.5 Å². The van der Waals surface area contributed by atoms with Gasteiger partial charge in [-0.1, -0.05) is 31.9 Å². The van der Waals surface area contributed by atoms with Crippen molar-refractivity contribution in [2.24, 2.45) is 0 Å². The van der Waals surface area contributed by atoms with E-state index in [1.165, 1.54) is 0 Å². The lowest BCUT2D eigenvalue weighted by atomic mass is 10.1. The van der Waals surface area contributed by atoms with E-state index in [0.717, 1.165) is 18.2 Å². The smallest absolute Gasteiger partial charge is 0.406 e. The van der Waals surface area contributed by atoms with Crippen LogP contribution in [0.5, 0.6) is 5.75 Å².